The first-order valence-corrected chi connectivity index (χ1v) is 10.5. The van der Waals surface area contributed by atoms with Gasteiger partial charge in [-0.05, 0) is 48.4 Å². The molecule has 4 rings (SSSR count). The van der Waals surface area contributed by atoms with Crippen molar-refractivity contribution in [2.75, 3.05) is 6.61 Å². The van der Waals surface area contributed by atoms with Crippen LogP contribution in [0.4, 0.5) is 0 Å². The van der Waals surface area contributed by atoms with E-state index in [4.69, 9.17) is 9.72 Å². The molecule has 146 valence electrons. The normalized spacial score (nSPS) is 10.8. The Morgan fingerprint density at radius 3 is 2.48 bits per heavy atom. The lowest BCUT2D eigenvalue weighted by Gasteiger charge is -2.08. The number of rotatable bonds is 7. The van der Waals surface area contributed by atoms with Crippen molar-refractivity contribution < 1.29 is 9.53 Å². The summed E-state index contributed by atoms with van der Waals surface area (Å²) in [4.78, 5) is 17.1. The van der Waals surface area contributed by atoms with Crippen LogP contribution >= 0.6 is 11.3 Å². The minimum atomic E-state index is -0.0951. The van der Waals surface area contributed by atoms with E-state index in [0.29, 0.717) is 18.7 Å². The molecule has 0 fully saturated rings. The Morgan fingerprint density at radius 2 is 1.76 bits per heavy atom. The minimum Gasteiger partial charge on any atom is -0.494 e. The number of aromatic nitrogens is 1. The highest BCUT2D eigenvalue weighted by molar-refractivity contribution is 7.21. The minimum absolute atomic E-state index is 0.0951. The quantitative estimate of drug-likeness (QED) is 0.432. The van der Waals surface area contributed by atoms with Gasteiger partial charge in [0.2, 0.25) is 0 Å². The van der Waals surface area contributed by atoms with Crippen LogP contribution in [0.25, 0.3) is 20.8 Å². The molecule has 0 aliphatic carbocycles. The lowest BCUT2D eigenvalue weighted by atomic mass is 10.1. The van der Waals surface area contributed by atoms with Crippen LogP contribution in [0, 0.1) is 0 Å². The number of benzene rings is 3. The van der Waals surface area contributed by atoms with Gasteiger partial charge in [-0.15, -0.1) is 11.3 Å². The molecule has 1 heterocycles. The Labute approximate surface area is 174 Å². The number of amides is 1. The van der Waals surface area contributed by atoms with Crippen molar-refractivity contribution in [3.63, 3.8) is 0 Å². The van der Waals surface area contributed by atoms with E-state index in [1.54, 1.807) is 23.5 Å². The third kappa shape index (κ3) is 4.63. The van der Waals surface area contributed by atoms with Gasteiger partial charge in [-0.2, -0.15) is 0 Å². The van der Waals surface area contributed by atoms with Crippen LogP contribution in [0.3, 0.4) is 0 Å². The molecule has 0 saturated heterocycles. The number of para-hydroxylation sites is 1. The first kappa shape index (κ1) is 19.2. The molecule has 0 unspecified atom stereocenters. The van der Waals surface area contributed by atoms with Gasteiger partial charge in [-0.3, -0.25) is 4.79 Å². The molecule has 0 aliphatic heterocycles. The largest absolute Gasteiger partial charge is 0.494 e. The van der Waals surface area contributed by atoms with Crippen molar-refractivity contribution in [2.45, 2.75) is 19.9 Å². The summed E-state index contributed by atoms with van der Waals surface area (Å²) >= 11 is 1.69. The smallest absolute Gasteiger partial charge is 0.251 e. The summed E-state index contributed by atoms with van der Waals surface area (Å²) in [5.41, 5.74) is 3.78. The maximum atomic E-state index is 12.4. The predicted molar refractivity (Wildman–Crippen MR) is 118 cm³/mol. The van der Waals surface area contributed by atoms with Crippen molar-refractivity contribution in [2.24, 2.45) is 0 Å². The van der Waals surface area contributed by atoms with Crippen LogP contribution in [-0.2, 0) is 6.54 Å². The second kappa shape index (κ2) is 8.88. The van der Waals surface area contributed by atoms with E-state index in [9.17, 15) is 4.79 Å². The third-order valence-corrected chi connectivity index (χ3v) is 5.62. The van der Waals surface area contributed by atoms with E-state index in [0.717, 1.165) is 33.8 Å². The van der Waals surface area contributed by atoms with Crippen LogP contribution in [0.15, 0.2) is 72.8 Å². The molecule has 4 aromatic rings. The van der Waals surface area contributed by atoms with Crippen molar-refractivity contribution >= 4 is 27.5 Å². The Kier molecular flexibility index (Phi) is 5.86. The summed E-state index contributed by atoms with van der Waals surface area (Å²) in [6, 6.07) is 23.6. The van der Waals surface area contributed by atoms with Crippen LogP contribution in [0.5, 0.6) is 5.75 Å². The van der Waals surface area contributed by atoms with E-state index < -0.39 is 0 Å². The van der Waals surface area contributed by atoms with Gasteiger partial charge in [-0.1, -0.05) is 43.3 Å². The molecule has 3 aromatic carbocycles. The fourth-order valence-electron chi connectivity index (χ4n) is 2.97. The number of thiazole rings is 1. The Balaban J connectivity index is 1.36. The molecule has 4 nitrogen and oxygen atoms in total. The zero-order chi connectivity index (χ0) is 20.1. The van der Waals surface area contributed by atoms with Crippen molar-refractivity contribution in [3.05, 3.63) is 83.9 Å². The molecular formula is C24H22N2O2S. The Morgan fingerprint density at radius 1 is 1.00 bits per heavy atom. The van der Waals surface area contributed by atoms with Crippen LogP contribution in [0.2, 0.25) is 0 Å². The Bertz CT molecular complexity index is 1070. The molecule has 1 amide bonds. The average Bonchev–Trinajstić information content (AvgIpc) is 3.21. The predicted octanol–water partition coefficient (Wildman–Crippen LogP) is 5.68. The molecule has 1 aromatic heterocycles. The molecule has 5 heteroatoms. The van der Waals surface area contributed by atoms with E-state index in [2.05, 4.69) is 30.4 Å². The van der Waals surface area contributed by atoms with E-state index in [1.807, 2.05) is 42.5 Å². The fourth-order valence-corrected chi connectivity index (χ4v) is 3.94. The number of carbonyl (C=O) groups is 1. The Hall–Kier alpha value is -3.18. The first-order valence-electron chi connectivity index (χ1n) is 9.69. The van der Waals surface area contributed by atoms with Gasteiger partial charge in [0.15, 0.2) is 0 Å². The molecule has 0 atom stereocenters. The zero-order valence-electron chi connectivity index (χ0n) is 16.2. The topological polar surface area (TPSA) is 51.2 Å². The van der Waals surface area contributed by atoms with Gasteiger partial charge >= 0.3 is 0 Å². The SMILES string of the molecule is CCCOc1ccc(C(=O)NCc2ccc(-c3nc4ccccc4s3)cc2)cc1. The van der Waals surface area contributed by atoms with Gasteiger partial charge in [0.1, 0.15) is 10.8 Å². The van der Waals surface area contributed by atoms with E-state index in [-0.39, 0.29) is 5.91 Å². The van der Waals surface area contributed by atoms with Crippen LogP contribution in [0.1, 0.15) is 29.3 Å². The molecule has 0 aliphatic rings. The zero-order valence-corrected chi connectivity index (χ0v) is 17.0. The maximum absolute atomic E-state index is 12.4. The fraction of sp³-hybridized carbons (Fsp3) is 0.167. The molecule has 0 saturated carbocycles. The third-order valence-electron chi connectivity index (χ3n) is 4.54. The molecule has 1 N–H and O–H groups in total. The molecule has 0 spiro atoms. The lowest BCUT2D eigenvalue weighted by molar-refractivity contribution is 0.0951. The van der Waals surface area contributed by atoms with Crippen LogP contribution in [-0.4, -0.2) is 17.5 Å². The highest BCUT2D eigenvalue weighted by Gasteiger charge is 2.08. The second-order valence-electron chi connectivity index (χ2n) is 6.74. The first-order chi connectivity index (χ1) is 14.2. The van der Waals surface area contributed by atoms with Gasteiger partial charge in [0.25, 0.3) is 5.91 Å². The molecule has 0 bridgehead atoms. The monoisotopic (exact) mass is 402 g/mol. The summed E-state index contributed by atoms with van der Waals surface area (Å²) in [5, 5.41) is 3.97. The van der Waals surface area contributed by atoms with Gasteiger partial charge in [-0.25, -0.2) is 4.98 Å². The average molecular weight is 403 g/mol. The van der Waals surface area contributed by atoms with Gasteiger partial charge in [0.05, 0.1) is 16.8 Å². The molecular weight excluding hydrogens is 380 g/mol. The van der Waals surface area contributed by atoms with Crippen LogP contribution < -0.4 is 10.1 Å². The standard InChI is InChI=1S/C24H22N2O2S/c1-2-15-28-20-13-11-18(12-14-20)23(27)25-16-17-7-9-19(10-8-17)24-26-21-5-3-4-6-22(21)29-24/h3-14H,2,15-16H2,1H3,(H,25,27). The highest BCUT2D eigenvalue weighted by Crippen LogP contribution is 2.30. The van der Waals surface area contributed by atoms with Gasteiger partial charge in [0, 0.05) is 17.7 Å². The number of fused-ring (bicyclic) bond motifs is 1. The van der Waals surface area contributed by atoms with Gasteiger partial charge < -0.3 is 10.1 Å². The highest BCUT2D eigenvalue weighted by atomic mass is 32.1. The number of hydrogen-bond donors (Lipinski definition) is 1. The lowest BCUT2D eigenvalue weighted by Crippen LogP contribution is -2.22. The van der Waals surface area contributed by atoms with Crippen molar-refractivity contribution in [3.8, 4) is 16.3 Å². The molecule has 0 radical (unpaired) electrons. The number of nitrogens with one attached hydrogen (secondary N) is 1. The second-order valence-corrected chi connectivity index (χ2v) is 7.77. The van der Waals surface area contributed by atoms with E-state index >= 15 is 0 Å². The number of hydrogen-bond acceptors (Lipinski definition) is 4. The van der Waals surface area contributed by atoms with Crippen molar-refractivity contribution in [1.29, 1.82) is 0 Å². The summed E-state index contributed by atoms with van der Waals surface area (Å²) in [6.07, 6.45) is 0.958. The van der Waals surface area contributed by atoms with Crippen molar-refractivity contribution in [1.82, 2.24) is 10.3 Å². The summed E-state index contributed by atoms with van der Waals surface area (Å²) in [5.74, 6) is 0.691. The maximum Gasteiger partial charge on any atom is 0.251 e. The summed E-state index contributed by atoms with van der Waals surface area (Å²) < 4.78 is 6.74. The summed E-state index contributed by atoms with van der Waals surface area (Å²) in [7, 11) is 0. The molecule has 29 heavy (non-hydrogen) atoms. The number of carbonyl (C=O) groups excluding carboxylic acids is 1. The van der Waals surface area contributed by atoms with E-state index in [1.165, 1.54) is 4.70 Å². The number of ether oxygens (including phenoxy) is 1. The summed E-state index contributed by atoms with van der Waals surface area (Å²) in [6.45, 7) is 3.22. The number of nitrogens with zero attached hydrogens (tertiary/aromatic N) is 1.